The summed E-state index contributed by atoms with van der Waals surface area (Å²) in [5.41, 5.74) is 8.27. The van der Waals surface area contributed by atoms with Gasteiger partial charge in [-0.1, -0.05) is 53.0 Å². The van der Waals surface area contributed by atoms with E-state index in [1.165, 1.54) is 36.8 Å². The van der Waals surface area contributed by atoms with Crippen LogP contribution in [0.3, 0.4) is 0 Å². The number of hydrogen-bond donors (Lipinski definition) is 1. The van der Waals surface area contributed by atoms with E-state index in [0.717, 1.165) is 37.1 Å². The fourth-order valence-electron chi connectivity index (χ4n) is 3.99. The molecule has 146 valence electrons. The summed E-state index contributed by atoms with van der Waals surface area (Å²) in [6.07, 6.45) is 5.02. The molecule has 1 saturated carbocycles. The number of halogens is 3. The molecule has 2 nitrogen and oxygen atoms in total. The maximum atomic E-state index is 6.22. The van der Waals surface area contributed by atoms with Crippen LogP contribution in [0.5, 0.6) is 0 Å². The third-order valence-electron chi connectivity index (χ3n) is 5.50. The summed E-state index contributed by atoms with van der Waals surface area (Å²) in [4.78, 5) is 2.50. The molecule has 0 bridgehead atoms. The Kier molecular flexibility index (Phi) is 7.86. The third kappa shape index (κ3) is 6.37. The van der Waals surface area contributed by atoms with Gasteiger partial charge in [0.25, 0.3) is 0 Å². The van der Waals surface area contributed by atoms with Gasteiger partial charge in [-0.25, -0.2) is 0 Å². The van der Waals surface area contributed by atoms with Gasteiger partial charge in [0.2, 0.25) is 0 Å². The molecule has 1 aliphatic carbocycles. The zero-order valence-corrected chi connectivity index (χ0v) is 17.8. The summed E-state index contributed by atoms with van der Waals surface area (Å²) in [5.74, 6) is 1.42. The molecule has 27 heavy (non-hydrogen) atoms. The molecule has 3 rings (SSSR count). The lowest BCUT2D eigenvalue weighted by Gasteiger charge is -2.32. The van der Waals surface area contributed by atoms with Gasteiger partial charge < -0.3 is 5.73 Å². The van der Waals surface area contributed by atoms with Crippen molar-refractivity contribution in [2.24, 2.45) is 17.6 Å². The minimum absolute atomic E-state index is 0.599. The van der Waals surface area contributed by atoms with Crippen LogP contribution in [-0.4, -0.2) is 18.0 Å². The quantitative estimate of drug-likeness (QED) is 0.555. The van der Waals surface area contributed by atoms with Crippen molar-refractivity contribution in [3.8, 4) is 0 Å². The van der Waals surface area contributed by atoms with Crippen molar-refractivity contribution in [2.75, 3.05) is 13.1 Å². The van der Waals surface area contributed by atoms with Crippen molar-refractivity contribution in [3.63, 3.8) is 0 Å². The summed E-state index contributed by atoms with van der Waals surface area (Å²) in [5, 5.41) is 1.99. The zero-order chi connectivity index (χ0) is 19.2. The van der Waals surface area contributed by atoms with Crippen molar-refractivity contribution in [1.29, 1.82) is 0 Å². The monoisotopic (exact) mass is 424 g/mol. The SMILES string of the molecule is NCC1CCC(CN(Cc2cccc(Cl)c2)Cc2ccc(Cl)c(Cl)c2)CC1. The highest BCUT2D eigenvalue weighted by molar-refractivity contribution is 6.42. The summed E-state index contributed by atoms with van der Waals surface area (Å²) in [7, 11) is 0. The molecule has 0 aliphatic heterocycles. The normalized spacial score (nSPS) is 20.2. The molecule has 0 saturated heterocycles. The van der Waals surface area contributed by atoms with Crippen LogP contribution < -0.4 is 5.73 Å². The molecule has 2 N–H and O–H groups in total. The van der Waals surface area contributed by atoms with Crippen LogP contribution in [-0.2, 0) is 13.1 Å². The Bertz CT molecular complexity index is 742. The second kappa shape index (κ2) is 10.1. The van der Waals surface area contributed by atoms with Crippen LogP contribution >= 0.6 is 34.8 Å². The Morgan fingerprint density at radius 1 is 0.815 bits per heavy atom. The number of benzene rings is 2. The maximum Gasteiger partial charge on any atom is 0.0595 e. The fraction of sp³-hybridized carbons (Fsp3) is 0.455. The highest BCUT2D eigenvalue weighted by atomic mass is 35.5. The lowest BCUT2D eigenvalue weighted by molar-refractivity contribution is 0.170. The summed E-state index contributed by atoms with van der Waals surface area (Å²) >= 11 is 18.5. The Balaban J connectivity index is 1.70. The first-order valence-electron chi connectivity index (χ1n) is 9.64. The van der Waals surface area contributed by atoms with Gasteiger partial charge in [-0.05, 0) is 79.5 Å². The molecule has 0 unspecified atom stereocenters. The molecule has 0 radical (unpaired) electrons. The van der Waals surface area contributed by atoms with Crippen LogP contribution in [0.15, 0.2) is 42.5 Å². The lowest BCUT2D eigenvalue weighted by Crippen LogP contribution is -2.32. The molecule has 0 amide bonds. The zero-order valence-electron chi connectivity index (χ0n) is 15.5. The maximum absolute atomic E-state index is 6.22. The smallest absolute Gasteiger partial charge is 0.0595 e. The molecule has 0 heterocycles. The van der Waals surface area contributed by atoms with E-state index in [-0.39, 0.29) is 0 Å². The number of hydrogen-bond acceptors (Lipinski definition) is 2. The molecular weight excluding hydrogens is 399 g/mol. The van der Waals surface area contributed by atoms with Crippen molar-refractivity contribution in [2.45, 2.75) is 38.8 Å². The van der Waals surface area contributed by atoms with Crippen molar-refractivity contribution < 1.29 is 0 Å². The van der Waals surface area contributed by atoms with Crippen LogP contribution in [0.2, 0.25) is 15.1 Å². The van der Waals surface area contributed by atoms with Gasteiger partial charge in [-0.3, -0.25) is 4.90 Å². The van der Waals surface area contributed by atoms with Crippen molar-refractivity contribution in [3.05, 3.63) is 68.7 Å². The van der Waals surface area contributed by atoms with Crippen LogP contribution in [0, 0.1) is 11.8 Å². The third-order valence-corrected chi connectivity index (χ3v) is 6.48. The summed E-state index contributed by atoms with van der Waals surface area (Å²) < 4.78 is 0. The van der Waals surface area contributed by atoms with E-state index in [0.29, 0.717) is 16.0 Å². The van der Waals surface area contributed by atoms with E-state index >= 15 is 0 Å². The molecule has 1 fully saturated rings. The predicted octanol–water partition coefficient (Wildman–Crippen LogP) is 6.41. The average molecular weight is 426 g/mol. The first-order chi connectivity index (χ1) is 13.0. The van der Waals surface area contributed by atoms with Gasteiger partial charge in [-0.15, -0.1) is 0 Å². The van der Waals surface area contributed by atoms with E-state index < -0.39 is 0 Å². The van der Waals surface area contributed by atoms with Crippen molar-refractivity contribution >= 4 is 34.8 Å². The van der Waals surface area contributed by atoms with E-state index in [4.69, 9.17) is 40.5 Å². The molecule has 2 aromatic rings. The Labute approximate surface area is 177 Å². The standard InChI is InChI=1S/C22H27Cl3N2/c23-20-3-1-2-18(10-20)14-27(13-17-6-4-16(12-26)5-7-17)15-19-8-9-21(24)22(25)11-19/h1-3,8-11,16-17H,4-7,12-15,26H2. The van der Waals surface area contributed by atoms with E-state index in [9.17, 15) is 0 Å². The van der Waals surface area contributed by atoms with Gasteiger partial charge in [0.15, 0.2) is 0 Å². The largest absolute Gasteiger partial charge is 0.330 e. The fourth-order valence-corrected chi connectivity index (χ4v) is 4.52. The molecule has 1 aliphatic rings. The van der Waals surface area contributed by atoms with Gasteiger partial charge >= 0.3 is 0 Å². The van der Waals surface area contributed by atoms with Gasteiger partial charge in [0.1, 0.15) is 0 Å². The molecule has 0 spiro atoms. The highest BCUT2D eigenvalue weighted by Crippen LogP contribution is 2.30. The highest BCUT2D eigenvalue weighted by Gasteiger charge is 2.22. The molecule has 0 atom stereocenters. The minimum atomic E-state index is 0.599. The molecule has 0 aromatic heterocycles. The Hall–Kier alpha value is -0.770. The Morgan fingerprint density at radius 2 is 1.48 bits per heavy atom. The second-order valence-electron chi connectivity index (χ2n) is 7.67. The number of rotatable bonds is 7. The van der Waals surface area contributed by atoms with Crippen LogP contribution in [0.1, 0.15) is 36.8 Å². The van der Waals surface area contributed by atoms with Crippen molar-refractivity contribution in [1.82, 2.24) is 4.90 Å². The van der Waals surface area contributed by atoms with Crippen LogP contribution in [0.25, 0.3) is 0 Å². The topological polar surface area (TPSA) is 29.3 Å². The molecule has 5 heteroatoms. The summed E-state index contributed by atoms with van der Waals surface area (Å²) in [6.45, 7) is 3.62. The summed E-state index contributed by atoms with van der Waals surface area (Å²) in [6, 6.07) is 14.0. The molecule has 2 aromatic carbocycles. The Morgan fingerprint density at radius 3 is 2.11 bits per heavy atom. The second-order valence-corrected chi connectivity index (χ2v) is 8.92. The van der Waals surface area contributed by atoms with Gasteiger partial charge in [0.05, 0.1) is 10.0 Å². The van der Waals surface area contributed by atoms with Gasteiger partial charge in [-0.2, -0.15) is 0 Å². The van der Waals surface area contributed by atoms with E-state index in [2.05, 4.69) is 23.1 Å². The van der Waals surface area contributed by atoms with E-state index in [1.807, 2.05) is 24.3 Å². The van der Waals surface area contributed by atoms with Gasteiger partial charge in [0, 0.05) is 24.7 Å². The van der Waals surface area contributed by atoms with E-state index in [1.54, 1.807) is 0 Å². The van der Waals surface area contributed by atoms with Crippen LogP contribution in [0.4, 0.5) is 0 Å². The molecular formula is C22H27Cl3N2. The number of nitrogens with zero attached hydrogens (tertiary/aromatic N) is 1. The lowest BCUT2D eigenvalue weighted by atomic mass is 9.82. The first-order valence-corrected chi connectivity index (χ1v) is 10.8. The average Bonchev–Trinajstić information content (AvgIpc) is 2.65. The minimum Gasteiger partial charge on any atom is -0.330 e. The predicted molar refractivity (Wildman–Crippen MR) is 117 cm³/mol. The first kappa shape index (κ1) is 21.0. The number of nitrogens with two attached hydrogens (primary N) is 1.